The van der Waals surface area contributed by atoms with Crippen molar-refractivity contribution in [2.24, 2.45) is 35.3 Å². The van der Waals surface area contributed by atoms with Crippen LogP contribution >= 0.6 is 0 Å². The molecule has 268 valence electrons. The summed E-state index contributed by atoms with van der Waals surface area (Å²) in [5, 5.41) is 26.2. The average molecular weight is 674 g/mol. The zero-order valence-electron chi connectivity index (χ0n) is 29.0. The van der Waals surface area contributed by atoms with Crippen LogP contribution in [0.25, 0.3) is 0 Å². The van der Waals surface area contributed by atoms with Gasteiger partial charge in [0, 0.05) is 43.9 Å². The number of aliphatic hydroxyl groups excluding tert-OH is 2. The molecule has 0 aliphatic heterocycles. The van der Waals surface area contributed by atoms with Crippen molar-refractivity contribution in [3.05, 3.63) is 0 Å². The second-order valence-corrected chi connectivity index (χ2v) is 15.9. The van der Waals surface area contributed by atoms with Gasteiger partial charge in [-0.2, -0.15) is 0 Å². The van der Waals surface area contributed by atoms with Crippen LogP contribution in [-0.4, -0.2) is 96.4 Å². The van der Waals surface area contributed by atoms with Gasteiger partial charge in [-0.25, -0.2) is 13.4 Å². The van der Waals surface area contributed by atoms with Gasteiger partial charge in [0.25, 0.3) is 0 Å². The maximum absolute atomic E-state index is 13.9. The van der Waals surface area contributed by atoms with Gasteiger partial charge in [0.2, 0.25) is 27.7 Å². The lowest BCUT2D eigenvalue weighted by molar-refractivity contribution is -0.141. The van der Waals surface area contributed by atoms with Crippen LogP contribution in [0.1, 0.15) is 112 Å². The number of unbranched alkanes of at least 4 members (excludes halogenated alkanes) is 1. The molecule has 0 heterocycles. The molecule has 0 aromatic carbocycles. The van der Waals surface area contributed by atoms with Crippen molar-refractivity contribution >= 4 is 27.7 Å². The Morgan fingerprint density at radius 3 is 2.02 bits per heavy atom. The summed E-state index contributed by atoms with van der Waals surface area (Å²) in [4.78, 5) is 44.3. The smallest absolute Gasteiger partial charge is 0.225 e. The second kappa shape index (κ2) is 19.9. The van der Waals surface area contributed by atoms with Gasteiger partial charge < -0.3 is 26.2 Å². The van der Waals surface area contributed by atoms with Gasteiger partial charge in [-0.05, 0) is 82.5 Å². The molecule has 0 spiro atoms. The minimum atomic E-state index is -3.63. The first-order valence-electron chi connectivity index (χ1n) is 17.7. The third-order valence-electron chi connectivity index (χ3n) is 9.33. The number of sulfonamides is 1. The van der Waals surface area contributed by atoms with Gasteiger partial charge in [-0.15, -0.1) is 4.83 Å². The van der Waals surface area contributed by atoms with Crippen LogP contribution in [0.4, 0.5) is 0 Å². The van der Waals surface area contributed by atoms with Crippen molar-refractivity contribution in [2.45, 2.75) is 130 Å². The maximum Gasteiger partial charge on any atom is 0.225 e. The van der Waals surface area contributed by atoms with E-state index < -0.39 is 45.8 Å². The molecule has 0 bridgehead atoms. The molecule has 0 aromatic heterocycles. The second-order valence-electron chi connectivity index (χ2n) is 14.2. The Balaban J connectivity index is 2.28. The summed E-state index contributed by atoms with van der Waals surface area (Å²) in [6.07, 6.45) is 5.87. The molecule has 6 N–H and O–H groups in total. The summed E-state index contributed by atoms with van der Waals surface area (Å²) in [7, 11) is -3.63. The van der Waals surface area contributed by atoms with E-state index in [1.807, 2.05) is 39.5 Å². The summed E-state index contributed by atoms with van der Waals surface area (Å²) in [5.41, 5.74) is 5.73. The molecule has 2 saturated carbocycles. The Kier molecular flexibility index (Phi) is 17.5. The van der Waals surface area contributed by atoms with Gasteiger partial charge in [0.1, 0.15) is 0 Å². The van der Waals surface area contributed by atoms with Crippen LogP contribution in [-0.2, 0) is 24.4 Å². The highest BCUT2D eigenvalue weighted by Crippen LogP contribution is 2.35. The number of rotatable bonds is 20. The van der Waals surface area contributed by atoms with E-state index in [9.17, 15) is 33.0 Å². The Morgan fingerprint density at radius 1 is 0.891 bits per heavy atom. The number of hydrogen-bond acceptors (Lipinski definition) is 8. The minimum absolute atomic E-state index is 0.0176. The van der Waals surface area contributed by atoms with Crippen LogP contribution in [0.2, 0.25) is 0 Å². The number of hydrazine groups is 1. The van der Waals surface area contributed by atoms with Crippen LogP contribution in [0.15, 0.2) is 0 Å². The summed E-state index contributed by atoms with van der Waals surface area (Å²) in [6, 6.07) is -0.689. The van der Waals surface area contributed by atoms with Crippen LogP contribution in [0.3, 0.4) is 0 Å². The van der Waals surface area contributed by atoms with Gasteiger partial charge in [-0.1, -0.05) is 41.0 Å². The number of hydrogen-bond donors (Lipinski definition) is 5. The third kappa shape index (κ3) is 13.7. The van der Waals surface area contributed by atoms with E-state index in [-0.39, 0.29) is 48.5 Å². The van der Waals surface area contributed by atoms with Crippen molar-refractivity contribution in [1.82, 2.24) is 20.1 Å². The largest absolute Gasteiger partial charge is 0.393 e. The highest BCUT2D eigenvalue weighted by Gasteiger charge is 2.41. The Labute approximate surface area is 277 Å². The standard InChI is InChI=1S/C33H63N5O7S/c1-6-9-16-38(36-46(44,45)22-23(4)5)21-30(40)29(17-24-10-12-28(39)13-11-24)35-32(42)26-18-25(31(34)41)19-27(20-26)33(43)37(14-7-2)15-8-3/h23-30,36,39-40H,6-22H2,1-5H3,(H2,34,41)(H,35,42). The lowest BCUT2D eigenvalue weighted by Gasteiger charge is -2.37. The van der Waals surface area contributed by atoms with Crippen molar-refractivity contribution in [1.29, 1.82) is 0 Å². The highest BCUT2D eigenvalue weighted by atomic mass is 32.2. The number of carbonyl (C=O) groups is 3. The molecular formula is C33H63N5O7S. The Bertz CT molecular complexity index is 1040. The highest BCUT2D eigenvalue weighted by molar-refractivity contribution is 7.89. The monoisotopic (exact) mass is 673 g/mol. The molecular weight excluding hydrogens is 610 g/mol. The number of amides is 3. The quantitative estimate of drug-likeness (QED) is 0.122. The van der Waals surface area contributed by atoms with E-state index in [1.54, 1.807) is 0 Å². The van der Waals surface area contributed by atoms with Crippen molar-refractivity contribution in [2.75, 3.05) is 31.9 Å². The molecule has 2 aliphatic carbocycles. The van der Waals surface area contributed by atoms with Gasteiger partial charge in [0.05, 0.1) is 24.0 Å². The summed E-state index contributed by atoms with van der Waals surface area (Å²) in [5.74, 6) is -2.59. The fraction of sp³-hybridized carbons (Fsp3) is 0.909. The zero-order valence-corrected chi connectivity index (χ0v) is 29.8. The molecule has 5 atom stereocenters. The number of nitrogens with zero attached hydrogens (tertiary/aromatic N) is 2. The van der Waals surface area contributed by atoms with E-state index in [4.69, 9.17) is 5.73 Å². The van der Waals surface area contributed by atoms with E-state index in [1.165, 1.54) is 5.01 Å². The SMILES string of the molecule is CCCCN(CC(O)C(CC1CCC(O)CC1)NC(=O)C1CC(C(N)=O)CC(C(=O)N(CCC)CCC)C1)NS(=O)(=O)CC(C)C. The molecule has 0 aromatic rings. The first kappa shape index (κ1) is 40.4. The van der Waals surface area contributed by atoms with E-state index in [0.717, 1.165) is 32.1 Å². The molecule has 2 aliphatic rings. The molecule has 2 rings (SSSR count). The lowest BCUT2D eigenvalue weighted by atomic mass is 9.73. The lowest BCUT2D eigenvalue weighted by Crippen LogP contribution is -2.55. The predicted molar refractivity (Wildman–Crippen MR) is 179 cm³/mol. The van der Waals surface area contributed by atoms with E-state index in [2.05, 4.69) is 10.1 Å². The first-order chi connectivity index (χ1) is 21.7. The fourth-order valence-electron chi connectivity index (χ4n) is 7.00. The van der Waals surface area contributed by atoms with Crippen molar-refractivity contribution in [3.63, 3.8) is 0 Å². The molecule has 3 amide bonds. The molecule has 2 fully saturated rings. The predicted octanol–water partition coefficient (Wildman–Crippen LogP) is 2.53. The molecule has 46 heavy (non-hydrogen) atoms. The summed E-state index contributed by atoms with van der Waals surface area (Å²) in [6.45, 7) is 11.3. The molecule has 0 radical (unpaired) electrons. The fourth-order valence-corrected chi connectivity index (χ4v) is 8.51. The van der Waals surface area contributed by atoms with Crippen LogP contribution in [0.5, 0.6) is 0 Å². The molecule has 0 saturated heterocycles. The topological polar surface area (TPSA) is 182 Å². The van der Waals surface area contributed by atoms with Crippen LogP contribution in [0, 0.1) is 29.6 Å². The third-order valence-corrected chi connectivity index (χ3v) is 11.0. The first-order valence-corrected chi connectivity index (χ1v) is 19.3. The number of carbonyl (C=O) groups excluding carboxylic acids is 3. The summed E-state index contributed by atoms with van der Waals surface area (Å²) >= 11 is 0. The average Bonchev–Trinajstić information content (AvgIpc) is 2.98. The number of nitrogens with two attached hydrogens (primary N) is 1. The maximum atomic E-state index is 13.9. The Morgan fingerprint density at radius 2 is 1.48 bits per heavy atom. The zero-order chi connectivity index (χ0) is 34.4. The number of aliphatic hydroxyl groups is 2. The van der Waals surface area contributed by atoms with Crippen molar-refractivity contribution < 1.29 is 33.0 Å². The van der Waals surface area contributed by atoms with Gasteiger partial charge in [-0.3, -0.25) is 14.4 Å². The van der Waals surface area contributed by atoms with E-state index >= 15 is 0 Å². The van der Waals surface area contributed by atoms with Gasteiger partial charge in [0.15, 0.2) is 0 Å². The Hall–Kier alpha value is -1.80. The number of primary amides is 1. The summed E-state index contributed by atoms with van der Waals surface area (Å²) < 4.78 is 25.6. The van der Waals surface area contributed by atoms with Gasteiger partial charge >= 0.3 is 0 Å². The van der Waals surface area contributed by atoms with Crippen LogP contribution < -0.4 is 15.9 Å². The minimum Gasteiger partial charge on any atom is -0.393 e. The van der Waals surface area contributed by atoms with E-state index in [0.29, 0.717) is 58.2 Å². The number of nitrogens with one attached hydrogen (secondary N) is 2. The van der Waals surface area contributed by atoms with Crippen molar-refractivity contribution in [3.8, 4) is 0 Å². The molecule has 5 unspecified atom stereocenters. The normalized spacial score (nSPS) is 25.3. The molecule has 12 nitrogen and oxygen atoms in total. The molecule has 13 heteroatoms.